The highest BCUT2D eigenvalue weighted by Gasteiger charge is 2.21. The van der Waals surface area contributed by atoms with E-state index in [0.717, 1.165) is 24.5 Å². The Bertz CT molecular complexity index is 466. The summed E-state index contributed by atoms with van der Waals surface area (Å²) >= 11 is 0. The molecule has 1 saturated carbocycles. The zero-order valence-corrected chi connectivity index (χ0v) is 12.3. The van der Waals surface area contributed by atoms with Crippen molar-refractivity contribution in [1.29, 1.82) is 5.41 Å². The zero-order valence-electron chi connectivity index (χ0n) is 12.3. The number of amidine groups is 1. The second-order valence-electron chi connectivity index (χ2n) is 5.48. The van der Waals surface area contributed by atoms with Crippen LogP contribution in [-0.4, -0.2) is 19.0 Å². The van der Waals surface area contributed by atoms with Gasteiger partial charge in [0.25, 0.3) is 0 Å². The highest BCUT2D eigenvalue weighted by Crippen LogP contribution is 2.31. The first-order valence-corrected chi connectivity index (χ1v) is 7.32. The SMILES string of the molecule is CCC1CCC(Oc2cc(OC)cc(C(=N)N)c2)CC1. The van der Waals surface area contributed by atoms with Gasteiger partial charge in [0.05, 0.1) is 13.2 Å². The Kier molecular flexibility index (Phi) is 4.88. The van der Waals surface area contributed by atoms with Crippen LogP contribution in [0.1, 0.15) is 44.6 Å². The van der Waals surface area contributed by atoms with Crippen molar-refractivity contribution in [2.45, 2.75) is 45.1 Å². The predicted molar refractivity (Wildman–Crippen MR) is 80.7 cm³/mol. The van der Waals surface area contributed by atoms with E-state index in [-0.39, 0.29) is 11.9 Å². The van der Waals surface area contributed by atoms with Crippen LogP contribution in [0, 0.1) is 11.3 Å². The summed E-state index contributed by atoms with van der Waals surface area (Å²) in [5.41, 5.74) is 6.19. The van der Waals surface area contributed by atoms with Gasteiger partial charge < -0.3 is 15.2 Å². The first-order chi connectivity index (χ1) is 9.62. The number of nitrogen functional groups attached to an aromatic ring is 1. The molecular formula is C16H24N2O2. The lowest BCUT2D eigenvalue weighted by molar-refractivity contribution is 0.129. The Morgan fingerprint density at radius 3 is 2.40 bits per heavy atom. The van der Waals surface area contributed by atoms with Crippen molar-refractivity contribution in [3.63, 3.8) is 0 Å². The molecule has 0 aliphatic heterocycles. The van der Waals surface area contributed by atoms with Crippen LogP contribution in [0.5, 0.6) is 11.5 Å². The van der Waals surface area contributed by atoms with Gasteiger partial charge in [-0.3, -0.25) is 5.41 Å². The summed E-state index contributed by atoms with van der Waals surface area (Å²) in [5, 5.41) is 7.54. The summed E-state index contributed by atoms with van der Waals surface area (Å²) in [7, 11) is 1.61. The van der Waals surface area contributed by atoms with E-state index in [1.54, 1.807) is 13.2 Å². The van der Waals surface area contributed by atoms with E-state index >= 15 is 0 Å². The smallest absolute Gasteiger partial charge is 0.124 e. The molecule has 1 aromatic rings. The maximum Gasteiger partial charge on any atom is 0.124 e. The molecule has 0 heterocycles. The lowest BCUT2D eigenvalue weighted by Gasteiger charge is -2.28. The van der Waals surface area contributed by atoms with E-state index < -0.39 is 0 Å². The molecule has 1 aromatic carbocycles. The van der Waals surface area contributed by atoms with E-state index in [2.05, 4.69) is 6.92 Å². The Balaban J connectivity index is 2.05. The second kappa shape index (κ2) is 6.64. The lowest BCUT2D eigenvalue weighted by atomic mass is 9.86. The number of rotatable bonds is 5. The van der Waals surface area contributed by atoms with Gasteiger partial charge in [0.15, 0.2) is 0 Å². The summed E-state index contributed by atoms with van der Waals surface area (Å²) in [6.07, 6.45) is 6.22. The van der Waals surface area contributed by atoms with Crippen molar-refractivity contribution in [3.8, 4) is 11.5 Å². The predicted octanol–water partition coefficient (Wildman–Crippen LogP) is 3.33. The number of hydrogen-bond donors (Lipinski definition) is 2. The molecule has 1 aliphatic rings. The monoisotopic (exact) mass is 276 g/mol. The fraction of sp³-hybridized carbons (Fsp3) is 0.562. The van der Waals surface area contributed by atoms with Gasteiger partial charge in [0.1, 0.15) is 17.3 Å². The lowest BCUT2D eigenvalue weighted by Crippen LogP contribution is -2.24. The molecule has 0 bridgehead atoms. The Labute approximate surface area is 120 Å². The van der Waals surface area contributed by atoms with E-state index in [0.29, 0.717) is 11.3 Å². The summed E-state index contributed by atoms with van der Waals surface area (Å²) < 4.78 is 11.3. The van der Waals surface area contributed by atoms with Gasteiger partial charge in [0, 0.05) is 11.6 Å². The molecule has 1 fully saturated rings. The van der Waals surface area contributed by atoms with Gasteiger partial charge in [-0.15, -0.1) is 0 Å². The molecule has 2 rings (SSSR count). The molecule has 0 atom stereocenters. The number of nitrogens with two attached hydrogens (primary N) is 1. The van der Waals surface area contributed by atoms with Crippen LogP contribution in [0.15, 0.2) is 18.2 Å². The first kappa shape index (κ1) is 14.7. The quantitative estimate of drug-likeness (QED) is 0.640. The summed E-state index contributed by atoms with van der Waals surface area (Å²) in [5.74, 6) is 2.31. The Morgan fingerprint density at radius 2 is 1.85 bits per heavy atom. The van der Waals surface area contributed by atoms with Crippen LogP contribution in [0.25, 0.3) is 0 Å². The van der Waals surface area contributed by atoms with Crippen LogP contribution in [-0.2, 0) is 0 Å². The second-order valence-corrected chi connectivity index (χ2v) is 5.48. The van der Waals surface area contributed by atoms with Gasteiger partial charge in [-0.2, -0.15) is 0 Å². The third-order valence-corrected chi connectivity index (χ3v) is 4.10. The normalized spacial score (nSPS) is 22.3. The van der Waals surface area contributed by atoms with Gasteiger partial charge in [-0.05, 0) is 43.7 Å². The molecule has 1 aliphatic carbocycles. The van der Waals surface area contributed by atoms with Gasteiger partial charge in [0.2, 0.25) is 0 Å². The molecule has 0 spiro atoms. The van der Waals surface area contributed by atoms with Gasteiger partial charge >= 0.3 is 0 Å². The Hall–Kier alpha value is -1.71. The molecule has 110 valence electrons. The maximum absolute atomic E-state index is 7.54. The van der Waals surface area contributed by atoms with E-state index in [9.17, 15) is 0 Å². The maximum atomic E-state index is 7.54. The Morgan fingerprint density at radius 1 is 1.20 bits per heavy atom. The average molecular weight is 276 g/mol. The third-order valence-electron chi connectivity index (χ3n) is 4.10. The number of nitrogens with one attached hydrogen (secondary N) is 1. The van der Waals surface area contributed by atoms with Crippen LogP contribution >= 0.6 is 0 Å². The van der Waals surface area contributed by atoms with Crippen LogP contribution in [0.2, 0.25) is 0 Å². The number of hydrogen-bond acceptors (Lipinski definition) is 3. The third kappa shape index (κ3) is 3.65. The molecule has 4 nitrogen and oxygen atoms in total. The largest absolute Gasteiger partial charge is 0.497 e. The summed E-state index contributed by atoms with van der Waals surface area (Å²) in [6, 6.07) is 5.43. The fourth-order valence-electron chi connectivity index (χ4n) is 2.76. The molecule has 0 aromatic heterocycles. The standard InChI is InChI=1S/C16H24N2O2/c1-3-11-4-6-13(7-5-11)20-15-9-12(16(17)18)8-14(10-15)19-2/h8-11,13H,3-7H2,1-2H3,(H3,17,18). The van der Waals surface area contributed by atoms with Crippen LogP contribution in [0.4, 0.5) is 0 Å². The zero-order chi connectivity index (χ0) is 14.5. The number of benzene rings is 1. The van der Waals surface area contributed by atoms with Gasteiger partial charge in [-0.1, -0.05) is 13.3 Å². The highest BCUT2D eigenvalue weighted by atomic mass is 16.5. The number of methoxy groups -OCH3 is 1. The van der Waals surface area contributed by atoms with E-state index in [1.165, 1.54) is 19.3 Å². The van der Waals surface area contributed by atoms with Crippen molar-refractivity contribution in [2.75, 3.05) is 7.11 Å². The van der Waals surface area contributed by atoms with E-state index in [1.807, 2.05) is 12.1 Å². The van der Waals surface area contributed by atoms with Crippen molar-refractivity contribution in [2.24, 2.45) is 11.7 Å². The summed E-state index contributed by atoms with van der Waals surface area (Å²) in [6.45, 7) is 2.26. The van der Waals surface area contributed by atoms with Crippen molar-refractivity contribution >= 4 is 5.84 Å². The fourth-order valence-corrected chi connectivity index (χ4v) is 2.76. The topological polar surface area (TPSA) is 68.3 Å². The minimum absolute atomic E-state index is 0.0310. The van der Waals surface area contributed by atoms with Gasteiger partial charge in [-0.25, -0.2) is 0 Å². The molecule has 4 heteroatoms. The van der Waals surface area contributed by atoms with E-state index in [4.69, 9.17) is 20.6 Å². The molecular weight excluding hydrogens is 252 g/mol. The van der Waals surface area contributed by atoms with Crippen LogP contribution < -0.4 is 15.2 Å². The minimum atomic E-state index is 0.0310. The highest BCUT2D eigenvalue weighted by molar-refractivity contribution is 5.95. The minimum Gasteiger partial charge on any atom is -0.497 e. The van der Waals surface area contributed by atoms with Crippen molar-refractivity contribution < 1.29 is 9.47 Å². The molecule has 0 radical (unpaired) electrons. The number of ether oxygens (including phenoxy) is 2. The molecule has 20 heavy (non-hydrogen) atoms. The first-order valence-electron chi connectivity index (χ1n) is 7.32. The van der Waals surface area contributed by atoms with Crippen LogP contribution in [0.3, 0.4) is 0 Å². The average Bonchev–Trinajstić information content (AvgIpc) is 2.47. The summed E-state index contributed by atoms with van der Waals surface area (Å²) in [4.78, 5) is 0. The molecule has 3 N–H and O–H groups in total. The molecule has 0 saturated heterocycles. The van der Waals surface area contributed by atoms with Crippen molar-refractivity contribution in [1.82, 2.24) is 0 Å². The molecule has 0 unspecified atom stereocenters. The van der Waals surface area contributed by atoms with Crippen molar-refractivity contribution in [3.05, 3.63) is 23.8 Å². The molecule has 0 amide bonds.